The second kappa shape index (κ2) is 12.3. The predicted octanol–water partition coefficient (Wildman–Crippen LogP) is 1.80. The van der Waals surface area contributed by atoms with E-state index in [9.17, 15) is 19.2 Å². The molecule has 0 aliphatic heterocycles. The normalized spacial score (nSPS) is 13.7. The van der Waals surface area contributed by atoms with Crippen LogP contribution >= 0.6 is 0 Å². The Morgan fingerprint density at radius 3 is 2.59 bits per heavy atom. The molecule has 0 saturated heterocycles. The van der Waals surface area contributed by atoms with E-state index in [1.165, 1.54) is 21.4 Å². The number of rotatable bonds is 12. The molecule has 2 amide bonds. The van der Waals surface area contributed by atoms with Gasteiger partial charge in [0.15, 0.2) is 5.65 Å². The van der Waals surface area contributed by atoms with Crippen molar-refractivity contribution in [3.05, 3.63) is 80.8 Å². The number of carbonyl (C=O) groups excluding carboxylic acids is 2. The quantitative estimate of drug-likeness (QED) is 0.224. The van der Waals surface area contributed by atoms with Gasteiger partial charge in [-0.2, -0.15) is 0 Å². The average Bonchev–Trinajstić information content (AvgIpc) is 3.72. The number of fused-ring (bicyclic) bond motifs is 1. The molecule has 0 bridgehead atoms. The van der Waals surface area contributed by atoms with Gasteiger partial charge in [0, 0.05) is 44.4 Å². The zero-order valence-corrected chi connectivity index (χ0v) is 23.1. The van der Waals surface area contributed by atoms with E-state index in [0.29, 0.717) is 49.6 Å². The minimum atomic E-state index is -0.817. The molecule has 1 atom stereocenters. The average molecular weight is 560 g/mol. The summed E-state index contributed by atoms with van der Waals surface area (Å²) in [5.74, 6) is -0.463. The number of hydrogen-bond donors (Lipinski definition) is 3. The number of aromatic nitrogens is 5. The fourth-order valence-corrected chi connectivity index (χ4v) is 4.71. The van der Waals surface area contributed by atoms with Gasteiger partial charge in [0.2, 0.25) is 5.91 Å². The van der Waals surface area contributed by atoms with Crippen LogP contribution < -0.4 is 21.9 Å². The van der Waals surface area contributed by atoms with E-state index in [-0.39, 0.29) is 34.4 Å². The second-order valence-electron chi connectivity index (χ2n) is 10.1. The van der Waals surface area contributed by atoms with Crippen molar-refractivity contribution >= 4 is 23.0 Å². The number of nitrogens with one attached hydrogen (secondary N) is 3. The number of methoxy groups -OCH3 is 1. The molecule has 214 valence electrons. The summed E-state index contributed by atoms with van der Waals surface area (Å²) in [6, 6.07) is 11.7. The maximum Gasteiger partial charge on any atom is 0.333 e. The van der Waals surface area contributed by atoms with Gasteiger partial charge in [0.25, 0.3) is 11.5 Å². The van der Waals surface area contributed by atoms with Crippen LogP contribution in [0.4, 0.5) is 0 Å². The maximum atomic E-state index is 13.1. The molecule has 1 aliphatic carbocycles. The Morgan fingerprint density at radius 1 is 1.15 bits per heavy atom. The van der Waals surface area contributed by atoms with Gasteiger partial charge in [-0.25, -0.2) is 9.78 Å². The van der Waals surface area contributed by atoms with Gasteiger partial charge in [-0.05, 0) is 37.0 Å². The summed E-state index contributed by atoms with van der Waals surface area (Å²) in [5.41, 5.74) is 1.41. The first-order valence-corrected chi connectivity index (χ1v) is 13.7. The van der Waals surface area contributed by atoms with Crippen LogP contribution in [-0.4, -0.2) is 62.2 Å². The number of aromatic amines is 1. The Morgan fingerprint density at radius 2 is 1.93 bits per heavy atom. The summed E-state index contributed by atoms with van der Waals surface area (Å²) < 4.78 is 7.86. The van der Waals surface area contributed by atoms with Crippen molar-refractivity contribution in [2.24, 2.45) is 0 Å². The van der Waals surface area contributed by atoms with Crippen LogP contribution in [0.3, 0.4) is 0 Å². The van der Waals surface area contributed by atoms with Crippen molar-refractivity contribution in [1.29, 1.82) is 0 Å². The highest BCUT2D eigenvalue weighted by atomic mass is 16.5. The molecule has 0 unspecified atom stereocenters. The largest absolute Gasteiger partial charge is 0.383 e. The lowest BCUT2D eigenvalue weighted by molar-refractivity contribution is -0.123. The van der Waals surface area contributed by atoms with Crippen molar-refractivity contribution in [2.45, 2.75) is 51.2 Å². The first kappa shape index (κ1) is 28.0. The molecule has 1 saturated carbocycles. The topological polar surface area (TPSA) is 153 Å². The molecular weight excluding hydrogens is 526 g/mol. The van der Waals surface area contributed by atoms with Gasteiger partial charge >= 0.3 is 5.69 Å². The van der Waals surface area contributed by atoms with Gasteiger partial charge in [-0.1, -0.05) is 37.3 Å². The Bertz CT molecular complexity index is 1650. The summed E-state index contributed by atoms with van der Waals surface area (Å²) in [7, 11) is 1.55. The van der Waals surface area contributed by atoms with Crippen molar-refractivity contribution < 1.29 is 14.3 Å². The van der Waals surface area contributed by atoms with E-state index in [1.54, 1.807) is 13.2 Å². The number of benzene rings is 1. The van der Waals surface area contributed by atoms with Crippen LogP contribution in [-0.2, 0) is 22.5 Å². The van der Waals surface area contributed by atoms with Gasteiger partial charge in [0.1, 0.15) is 23.1 Å². The number of aryl methyl sites for hydroxylation is 1. The molecule has 4 aromatic rings. The molecule has 0 radical (unpaired) electrons. The highest BCUT2D eigenvalue weighted by Crippen LogP contribution is 2.32. The molecule has 12 heteroatoms. The van der Waals surface area contributed by atoms with Crippen LogP contribution in [0, 0.1) is 0 Å². The number of imidazole rings is 1. The van der Waals surface area contributed by atoms with Gasteiger partial charge in [-0.15, -0.1) is 0 Å². The number of nitrogens with zero attached hydrogens (tertiary/aromatic N) is 4. The lowest BCUT2D eigenvalue weighted by atomic mass is 10.0. The smallest absolute Gasteiger partial charge is 0.333 e. The van der Waals surface area contributed by atoms with Crippen molar-refractivity contribution in [1.82, 2.24) is 34.7 Å². The minimum Gasteiger partial charge on any atom is -0.383 e. The van der Waals surface area contributed by atoms with E-state index in [4.69, 9.17) is 4.74 Å². The first-order chi connectivity index (χ1) is 19.9. The van der Waals surface area contributed by atoms with E-state index in [1.807, 2.05) is 37.3 Å². The molecule has 3 heterocycles. The standard InChI is InChI=1S/C29H33N7O5/c1-3-14-35-25-23(28(39)36(29(35)40)20-10-11-20)33-24(34-25)19-9-12-21(31-17-19)27(38)32-22(26(37)30-13-15-41-2)16-18-7-5-4-6-8-18/h4-9,12,17,20,22H,3,10-11,13-16H2,1-2H3,(H,30,37)(H,32,38)(H,33,34)/t22-/m1/s1. The predicted molar refractivity (Wildman–Crippen MR) is 153 cm³/mol. The molecule has 0 spiro atoms. The van der Waals surface area contributed by atoms with Gasteiger partial charge in [-0.3, -0.25) is 28.5 Å². The van der Waals surface area contributed by atoms with E-state index in [2.05, 4.69) is 25.6 Å². The van der Waals surface area contributed by atoms with Crippen molar-refractivity contribution in [3.63, 3.8) is 0 Å². The molecule has 3 N–H and O–H groups in total. The number of pyridine rings is 1. The number of ether oxygens (including phenoxy) is 1. The summed E-state index contributed by atoms with van der Waals surface area (Å²) in [6.07, 6.45) is 4.10. The van der Waals surface area contributed by atoms with E-state index in [0.717, 1.165) is 18.4 Å². The van der Waals surface area contributed by atoms with Crippen molar-refractivity contribution in [2.75, 3.05) is 20.3 Å². The van der Waals surface area contributed by atoms with Crippen LogP contribution in [0.5, 0.6) is 0 Å². The van der Waals surface area contributed by atoms with E-state index >= 15 is 0 Å². The Hall–Kier alpha value is -4.58. The molecule has 1 aliphatic rings. The number of hydrogen-bond acceptors (Lipinski definition) is 7. The third-order valence-electron chi connectivity index (χ3n) is 6.95. The van der Waals surface area contributed by atoms with Gasteiger partial charge < -0.3 is 20.4 Å². The summed E-state index contributed by atoms with van der Waals surface area (Å²) in [5, 5.41) is 5.57. The summed E-state index contributed by atoms with van der Waals surface area (Å²) >= 11 is 0. The van der Waals surface area contributed by atoms with Crippen LogP contribution in [0.25, 0.3) is 22.6 Å². The van der Waals surface area contributed by atoms with Crippen LogP contribution in [0.2, 0.25) is 0 Å². The number of carbonyl (C=O) groups is 2. The fraction of sp³-hybridized carbons (Fsp3) is 0.379. The van der Waals surface area contributed by atoms with Crippen LogP contribution in [0.1, 0.15) is 48.3 Å². The highest BCUT2D eigenvalue weighted by Gasteiger charge is 2.30. The minimum absolute atomic E-state index is 0.0681. The zero-order chi connectivity index (χ0) is 28.9. The summed E-state index contributed by atoms with van der Waals surface area (Å²) in [4.78, 5) is 64.0. The second-order valence-corrected chi connectivity index (χ2v) is 10.1. The molecule has 41 heavy (non-hydrogen) atoms. The van der Waals surface area contributed by atoms with E-state index < -0.39 is 11.9 Å². The third-order valence-corrected chi connectivity index (χ3v) is 6.95. The molecule has 3 aromatic heterocycles. The first-order valence-electron chi connectivity index (χ1n) is 13.7. The lowest BCUT2D eigenvalue weighted by Gasteiger charge is -2.18. The van der Waals surface area contributed by atoms with Crippen molar-refractivity contribution in [3.8, 4) is 11.4 Å². The number of amides is 2. The van der Waals surface area contributed by atoms with Crippen LogP contribution in [0.15, 0.2) is 58.3 Å². The number of H-pyrrole nitrogens is 1. The SMILES string of the molecule is CCCn1c(=O)n(C2CC2)c(=O)c2[nH]c(-c3ccc(C(=O)N[C@H](Cc4ccccc4)C(=O)NCCOC)nc3)nc21. The highest BCUT2D eigenvalue weighted by molar-refractivity contribution is 5.96. The molecule has 5 rings (SSSR count). The molecule has 1 fully saturated rings. The lowest BCUT2D eigenvalue weighted by Crippen LogP contribution is -2.48. The maximum absolute atomic E-state index is 13.1. The fourth-order valence-electron chi connectivity index (χ4n) is 4.71. The Balaban J connectivity index is 1.38. The molecule has 12 nitrogen and oxygen atoms in total. The monoisotopic (exact) mass is 559 g/mol. The molecule has 1 aromatic carbocycles. The zero-order valence-electron chi connectivity index (χ0n) is 23.1. The third kappa shape index (κ3) is 6.12. The Labute approximate surface area is 235 Å². The molecular formula is C29H33N7O5. The Kier molecular flexibility index (Phi) is 8.39. The van der Waals surface area contributed by atoms with Gasteiger partial charge in [0.05, 0.1) is 6.61 Å². The summed E-state index contributed by atoms with van der Waals surface area (Å²) in [6.45, 7) is 3.07.